The minimum atomic E-state index is -0.241. The van der Waals surface area contributed by atoms with Gasteiger partial charge in [-0.1, -0.05) is 156 Å². The van der Waals surface area contributed by atoms with Gasteiger partial charge in [-0.15, -0.1) is 11.3 Å². The lowest BCUT2D eigenvalue weighted by Gasteiger charge is -2.58. The lowest BCUT2D eigenvalue weighted by molar-refractivity contribution is 0.0840. The van der Waals surface area contributed by atoms with E-state index in [4.69, 9.17) is 4.42 Å². The minimum absolute atomic E-state index is 0.00738. The molecule has 5 aliphatic carbocycles. The third-order valence-electron chi connectivity index (χ3n) is 27.4. The van der Waals surface area contributed by atoms with E-state index in [1.54, 1.807) is 11.1 Å². The van der Waals surface area contributed by atoms with Crippen LogP contribution >= 0.6 is 11.3 Å². The van der Waals surface area contributed by atoms with Gasteiger partial charge in [-0.05, 0) is 271 Å². The number of hydrogen-bond acceptors (Lipinski definition) is 5. The van der Waals surface area contributed by atoms with Crippen LogP contribution in [0.15, 0.2) is 95.4 Å². The van der Waals surface area contributed by atoms with E-state index in [1.807, 2.05) is 11.3 Å². The van der Waals surface area contributed by atoms with Gasteiger partial charge in [0.15, 0.2) is 0 Å². The average molecular weight is 1200 g/mol. The maximum Gasteiger partial charge on any atom is 0.298 e. The van der Waals surface area contributed by atoms with E-state index in [2.05, 4.69) is 244 Å². The predicted octanol–water partition coefficient (Wildman–Crippen LogP) is 21.4. The van der Waals surface area contributed by atoms with Crippen molar-refractivity contribution in [3.8, 4) is 0 Å². The molecule has 460 valence electrons. The summed E-state index contributed by atoms with van der Waals surface area (Å²) in [6.07, 6.45) is 12.9. The van der Waals surface area contributed by atoms with Crippen LogP contribution in [0.25, 0.3) is 21.1 Å². The summed E-state index contributed by atoms with van der Waals surface area (Å²) >= 11 is 2.05. The Morgan fingerprint density at radius 2 is 0.955 bits per heavy atom. The fraction of sp³-hybridized carbons (Fsp3) is 0.518. The molecule has 1 fully saturated rings. The lowest BCUT2D eigenvalue weighted by atomic mass is 9.35. The molecule has 6 aromatic carbocycles. The normalized spacial score (nSPS) is 27.6. The summed E-state index contributed by atoms with van der Waals surface area (Å²) in [6.45, 7) is 50.3. The number of benzene rings is 6. The van der Waals surface area contributed by atoms with Gasteiger partial charge in [0.05, 0.1) is 21.9 Å². The fourth-order valence-corrected chi connectivity index (χ4v) is 21.9. The van der Waals surface area contributed by atoms with Crippen LogP contribution in [0.3, 0.4) is 0 Å². The van der Waals surface area contributed by atoms with Crippen LogP contribution in [0.2, 0.25) is 0 Å². The van der Waals surface area contributed by atoms with Crippen molar-refractivity contribution >= 4 is 101 Å². The summed E-state index contributed by atoms with van der Waals surface area (Å²) in [5.41, 5.74) is 28.9. The molecule has 6 heterocycles. The number of anilines is 8. The van der Waals surface area contributed by atoms with Crippen LogP contribution in [0.4, 0.5) is 44.8 Å². The molecular formula is C83H98BN3OS. The largest absolute Gasteiger partial charge is 0.468 e. The summed E-state index contributed by atoms with van der Waals surface area (Å²) in [6, 6.07) is 39.3. The zero-order valence-corrected chi connectivity index (χ0v) is 58.6. The molecule has 4 unspecified atom stereocenters. The Morgan fingerprint density at radius 1 is 0.449 bits per heavy atom. The smallest absolute Gasteiger partial charge is 0.298 e. The van der Waals surface area contributed by atoms with Gasteiger partial charge in [0, 0.05) is 49.6 Å². The van der Waals surface area contributed by atoms with Crippen molar-refractivity contribution in [3.05, 3.63) is 147 Å². The summed E-state index contributed by atoms with van der Waals surface area (Å²) in [5.74, 6) is 0.482. The van der Waals surface area contributed by atoms with E-state index in [0.717, 1.165) is 43.3 Å². The molecule has 8 aromatic rings. The van der Waals surface area contributed by atoms with Crippen molar-refractivity contribution < 1.29 is 4.42 Å². The van der Waals surface area contributed by atoms with E-state index in [0.29, 0.717) is 5.92 Å². The number of furan rings is 1. The summed E-state index contributed by atoms with van der Waals surface area (Å²) in [4.78, 5) is 8.56. The van der Waals surface area contributed by atoms with E-state index in [9.17, 15) is 0 Å². The average Bonchev–Trinajstić information content (AvgIpc) is 1.59. The molecule has 4 aliphatic heterocycles. The summed E-state index contributed by atoms with van der Waals surface area (Å²) in [7, 11) is 0. The fourth-order valence-electron chi connectivity index (χ4n) is 20.7. The first-order chi connectivity index (χ1) is 41.5. The third kappa shape index (κ3) is 7.31. The second-order valence-corrected chi connectivity index (χ2v) is 37.9. The zero-order chi connectivity index (χ0) is 62.6. The summed E-state index contributed by atoms with van der Waals surface area (Å²) < 4.78 is 9.47. The highest BCUT2D eigenvalue weighted by atomic mass is 32.1. The van der Waals surface area contributed by atoms with Crippen molar-refractivity contribution in [3.63, 3.8) is 0 Å². The highest BCUT2D eigenvalue weighted by Crippen LogP contribution is 2.67. The van der Waals surface area contributed by atoms with Crippen molar-refractivity contribution in [2.45, 2.75) is 269 Å². The maximum atomic E-state index is 8.08. The summed E-state index contributed by atoms with van der Waals surface area (Å²) in [5, 5.41) is 3.98. The Kier molecular flexibility index (Phi) is 11.0. The molecule has 0 amide bonds. The number of thiophene rings is 1. The molecule has 6 heteroatoms. The first-order valence-corrected chi connectivity index (χ1v) is 35.6. The van der Waals surface area contributed by atoms with Gasteiger partial charge in [0.25, 0.3) is 6.71 Å². The molecule has 6 bridgehead atoms. The molecule has 2 aromatic heterocycles. The van der Waals surface area contributed by atoms with E-state index >= 15 is 0 Å². The number of fused-ring (bicyclic) bond motifs is 21. The molecular weight excluding hydrogens is 1100 g/mol. The Morgan fingerprint density at radius 3 is 1.56 bits per heavy atom. The van der Waals surface area contributed by atoms with Crippen LogP contribution in [0, 0.1) is 5.92 Å². The van der Waals surface area contributed by atoms with Crippen LogP contribution in [-0.2, 0) is 54.1 Å². The molecule has 4 nitrogen and oxygen atoms in total. The van der Waals surface area contributed by atoms with E-state index in [1.165, 1.54) is 154 Å². The van der Waals surface area contributed by atoms with Crippen molar-refractivity contribution in [1.82, 2.24) is 0 Å². The molecule has 0 spiro atoms. The number of hydrogen-bond donors (Lipinski definition) is 0. The minimum Gasteiger partial charge on any atom is -0.468 e. The van der Waals surface area contributed by atoms with Gasteiger partial charge < -0.3 is 19.1 Å². The van der Waals surface area contributed by atoms with Gasteiger partial charge in [-0.25, -0.2) is 0 Å². The van der Waals surface area contributed by atoms with Crippen molar-refractivity contribution in [2.75, 3.05) is 14.7 Å². The lowest BCUT2D eigenvalue weighted by Crippen LogP contribution is -2.61. The van der Waals surface area contributed by atoms with E-state index in [-0.39, 0.29) is 66.4 Å². The van der Waals surface area contributed by atoms with E-state index < -0.39 is 0 Å². The van der Waals surface area contributed by atoms with Crippen LogP contribution in [0.1, 0.15) is 265 Å². The highest BCUT2D eigenvalue weighted by Gasteiger charge is 2.63. The molecule has 0 radical (unpaired) electrons. The SMILES string of the molecule is CC(C)(C)c1ccc2c(c1)C1(C)CCC3CC1(C)N2c1cc2c4c(c1)N(c1ccc5c(c1)C3(C)CCC5(C)C)c1c(oc3cc5c(cc13)C(C)(C)CCC5(C)C)B4c1c(sc3cc4c(cc13)C(C)(C)CCC4(C)C)N2c1ccc2c(c1)C(C)(C)CCC2(C)C. The monoisotopic (exact) mass is 1200 g/mol. The van der Waals surface area contributed by atoms with Crippen LogP contribution < -0.4 is 31.3 Å². The van der Waals surface area contributed by atoms with Gasteiger partial charge in [-0.3, -0.25) is 0 Å². The predicted molar refractivity (Wildman–Crippen MR) is 381 cm³/mol. The molecule has 0 N–H and O–H groups in total. The molecule has 17 rings (SSSR count). The Bertz CT molecular complexity index is 4490. The van der Waals surface area contributed by atoms with Crippen LogP contribution in [0.5, 0.6) is 0 Å². The molecule has 89 heavy (non-hydrogen) atoms. The number of nitrogens with zero attached hydrogens (tertiary/aromatic N) is 3. The molecule has 0 saturated heterocycles. The highest BCUT2D eigenvalue weighted by molar-refractivity contribution is 7.26. The first-order valence-electron chi connectivity index (χ1n) is 34.8. The molecule has 9 aliphatic rings. The first kappa shape index (κ1) is 57.2. The number of rotatable bonds is 1. The Labute approximate surface area is 537 Å². The third-order valence-corrected chi connectivity index (χ3v) is 28.5. The Balaban J connectivity index is 1.06. The maximum absolute atomic E-state index is 8.08. The second kappa shape index (κ2) is 17.1. The van der Waals surface area contributed by atoms with Crippen molar-refractivity contribution in [2.24, 2.45) is 5.92 Å². The van der Waals surface area contributed by atoms with Crippen molar-refractivity contribution in [1.29, 1.82) is 0 Å². The Hall–Kier alpha value is -5.72. The van der Waals surface area contributed by atoms with Gasteiger partial charge in [0.2, 0.25) is 0 Å². The van der Waals surface area contributed by atoms with Gasteiger partial charge in [0.1, 0.15) is 5.58 Å². The van der Waals surface area contributed by atoms with Gasteiger partial charge >= 0.3 is 0 Å². The standard InChI is InChI=1S/C83H98BN3OS/c1-73(2,3)47-21-26-63-62(37-47)82(19)28-27-48-46-83(82,20)87(63)51-40-64-69-65(41-51)86(50-23-24-54-56(38-50)76(8,9)30-29-74(54,4)5)72-68(53-43-58-60(45-67(53)89-72)80(16,17)34-32-78(58,12)13)84(69)71-70(52-42-57-59(44-66(52)88-71)79(14,15)33-31-77(57,10)11)85(64)49-22-25-55-61(39-49)81(48,18)36-35-75(55,6)7/h21-26,37-45,48H,27-36,46H2,1-20H3. The van der Waals surface area contributed by atoms with Crippen LogP contribution in [-0.4, -0.2) is 12.3 Å². The zero-order valence-electron chi connectivity index (χ0n) is 57.8. The second-order valence-electron chi connectivity index (χ2n) is 36.9. The molecule has 4 atom stereocenters. The van der Waals surface area contributed by atoms with Gasteiger partial charge in [-0.2, -0.15) is 0 Å². The quantitative estimate of drug-likeness (QED) is 0.153. The molecule has 1 saturated carbocycles. The topological polar surface area (TPSA) is 22.9 Å².